The van der Waals surface area contributed by atoms with Crippen molar-refractivity contribution in [3.63, 3.8) is 0 Å². The molecule has 1 aliphatic heterocycles. The molecule has 1 aliphatic rings. The predicted octanol–water partition coefficient (Wildman–Crippen LogP) is 2.21. The molecule has 2 aromatic heterocycles. The highest BCUT2D eigenvalue weighted by Crippen LogP contribution is 2.32. The molecule has 0 spiro atoms. The van der Waals surface area contributed by atoms with Gasteiger partial charge in [-0.2, -0.15) is 0 Å². The minimum atomic E-state index is 0.749. The molecule has 0 atom stereocenters. The summed E-state index contributed by atoms with van der Waals surface area (Å²) in [6.07, 6.45) is 8.42. The number of ether oxygens (including phenoxy) is 1. The number of rotatable bonds is 2. The topological polar surface area (TPSA) is 44.9 Å². The first kappa shape index (κ1) is 11.3. The van der Waals surface area contributed by atoms with Gasteiger partial charge in [0.15, 0.2) is 11.6 Å². The van der Waals surface area contributed by atoms with Gasteiger partial charge in [-0.25, -0.2) is 9.97 Å². The highest BCUT2D eigenvalue weighted by atomic mass is 16.5. The van der Waals surface area contributed by atoms with Gasteiger partial charge in [0.25, 0.3) is 0 Å². The van der Waals surface area contributed by atoms with Gasteiger partial charge >= 0.3 is 0 Å². The molecule has 3 aromatic rings. The minimum absolute atomic E-state index is 0.749. The Kier molecular flexibility index (Phi) is 2.39. The SMILES string of the molecule is Cn1ccnc1-c1nccn1-c1cccc2c1CCO2. The van der Waals surface area contributed by atoms with E-state index in [1.54, 1.807) is 12.4 Å². The van der Waals surface area contributed by atoms with Crippen molar-refractivity contribution in [2.75, 3.05) is 6.61 Å². The highest BCUT2D eigenvalue weighted by molar-refractivity contribution is 5.57. The molecule has 0 radical (unpaired) electrons. The molecule has 5 nitrogen and oxygen atoms in total. The highest BCUT2D eigenvalue weighted by Gasteiger charge is 2.19. The van der Waals surface area contributed by atoms with Crippen LogP contribution in [-0.2, 0) is 13.5 Å². The van der Waals surface area contributed by atoms with E-state index in [4.69, 9.17) is 4.74 Å². The van der Waals surface area contributed by atoms with Gasteiger partial charge in [0, 0.05) is 43.8 Å². The number of aromatic nitrogens is 4. The summed E-state index contributed by atoms with van der Waals surface area (Å²) in [6.45, 7) is 0.749. The molecule has 0 saturated heterocycles. The van der Waals surface area contributed by atoms with Crippen LogP contribution in [-0.4, -0.2) is 25.7 Å². The molecular formula is C15H14N4O. The quantitative estimate of drug-likeness (QED) is 0.714. The Morgan fingerprint density at radius 2 is 1.95 bits per heavy atom. The van der Waals surface area contributed by atoms with Gasteiger partial charge in [-0.3, -0.25) is 4.57 Å². The molecule has 0 saturated carbocycles. The van der Waals surface area contributed by atoms with E-state index in [1.165, 1.54) is 5.56 Å². The molecule has 0 amide bonds. The monoisotopic (exact) mass is 266 g/mol. The van der Waals surface area contributed by atoms with E-state index < -0.39 is 0 Å². The lowest BCUT2D eigenvalue weighted by Gasteiger charge is -2.11. The van der Waals surface area contributed by atoms with Crippen LogP contribution < -0.4 is 4.74 Å². The predicted molar refractivity (Wildman–Crippen MR) is 75.0 cm³/mol. The van der Waals surface area contributed by atoms with E-state index in [0.29, 0.717) is 0 Å². The summed E-state index contributed by atoms with van der Waals surface area (Å²) < 4.78 is 9.69. The first-order valence-electron chi connectivity index (χ1n) is 6.61. The number of aryl methyl sites for hydroxylation is 1. The van der Waals surface area contributed by atoms with Gasteiger partial charge < -0.3 is 9.30 Å². The van der Waals surface area contributed by atoms with E-state index >= 15 is 0 Å². The third kappa shape index (κ3) is 1.56. The number of hydrogen-bond donors (Lipinski definition) is 0. The summed E-state index contributed by atoms with van der Waals surface area (Å²) >= 11 is 0. The molecule has 3 heterocycles. The Morgan fingerprint density at radius 3 is 2.80 bits per heavy atom. The second kappa shape index (κ2) is 4.23. The van der Waals surface area contributed by atoms with Crippen molar-refractivity contribution in [3.05, 3.63) is 48.5 Å². The molecule has 20 heavy (non-hydrogen) atoms. The number of fused-ring (bicyclic) bond motifs is 1. The summed E-state index contributed by atoms with van der Waals surface area (Å²) in [5.74, 6) is 2.67. The van der Waals surface area contributed by atoms with E-state index in [-0.39, 0.29) is 0 Å². The molecule has 0 N–H and O–H groups in total. The number of benzene rings is 1. The van der Waals surface area contributed by atoms with Crippen molar-refractivity contribution in [3.8, 4) is 23.1 Å². The van der Waals surface area contributed by atoms with Crippen molar-refractivity contribution >= 4 is 0 Å². The summed E-state index contributed by atoms with van der Waals surface area (Å²) in [5.41, 5.74) is 2.36. The van der Waals surface area contributed by atoms with E-state index in [1.807, 2.05) is 36.1 Å². The van der Waals surface area contributed by atoms with Crippen LogP contribution in [0.3, 0.4) is 0 Å². The first-order chi connectivity index (χ1) is 9.84. The normalized spacial score (nSPS) is 13.2. The largest absolute Gasteiger partial charge is 0.493 e. The summed E-state index contributed by atoms with van der Waals surface area (Å²) in [6, 6.07) is 6.13. The fourth-order valence-corrected chi connectivity index (χ4v) is 2.67. The van der Waals surface area contributed by atoms with Crippen molar-refractivity contribution in [1.29, 1.82) is 0 Å². The lowest BCUT2D eigenvalue weighted by molar-refractivity contribution is 0.357. The van der Waals surface area contributed by atoms with E-state index in [0.717, 1.165) is 36.1 Å². The molecule has 100 valence electrons. The molecule has 0 bridgehead atoms. The van der Waals surface area contributed by atoms with Gasteiger partial charge in [0.1, 0.15) is 5.75 Å². The van der Waals surface area contributed by atoms with Crippen LogP contribution in [0.1, 0.15) is 5.56 Å². The van der Waals surface area contributed by atoms with Gasteiger partial charge in [0.05, 0.1) is 12.3 Å². The Balaban J connectivity index is 1.91. The zero-order chi connectivity index (χ0) is 13.5. The molecule has 1 aromatic carbocycles. The van der Waals surface area contributed by atoms with E-state index in [9.17, 15) is 0 Å². The third-order valence-electron chi connectivity index (χ3n) is 3.64. The van der Waals surface area contributed by atoms with Crippen molar-refractivity contribution < 1.29 is 4.74 Å². The third-order valence-corrected chi connectivity index (χ3v) is 3.64. The molecular weight excluding hydrogens is 252 g/mol. The van der Waals surface area contributed by atoms with Crippen molar-refractivity contribution in [2.24, 2.45) is 7.05 Å². The maximum absolute atomic E-state index is 5.64. The van der Waals surface area contributed by atoms with Gasteiger partial charge in [-0.05, 0) is 12.1 Å². The number of imidazole rings is 2. The van der Waals surface area contributed by atoms with Crippen molar-refractivity contribution in [1.82, 2.24) is 19.1 Å². The second-order valence-electron chi connectivity index (χ2n) is 4.83. The summed E-state index contributed by atoms with van der Waals surface area (Å²) in [5, 5.41) is 0. The van der Waals surface area contributed by atoms with E-state index in [2.05, 4.69) is 20.6 Å². The molecule has 0 aliphatic carbocycles. The molecule has 5 heteroatoms. The maximum Gasteiger partial charge on any atom is 0.181 e. The Bertz CT molecular complexity index is 772. The van der Waals surface area contributed by atoms with Crippen LogP contribution in [0.2, 0.25) is 0 Å². The lowest BCUT2D eigenvalue weighted by atomic mass is 10.1. The van der Waals surface area contributed by atoms with Crippen molar-refractivity contribution in [2.45, 2.75) is 6.42 Å². The van der Waals surface area contributed by atoms with Crippen LogP contribution in [0, 0.1) is 0 Å². The molecule has 0 fully saturated rings. The van der Waals surface area contributed by atoms with Gasteiger partial charge in [-0.15, -0.1) is 0 Å². The Morgan fingerprint density at radius 1 is 1.10 bits per heavy atom. The second-order valence-corrected chi connectivity index (χ2v) is 4.83. The zero-order valence-corrected chi connectivity index (χ0v) is 11.2. The van der Waals surface area contributed by atoms with Crippen LogP contribution in [0.5, 0.6) is 5.75 Å². The zero-order valence-electron chi connectivity index (χ0n) is 11.2. The van der Waals surface area contributed by atoms with Crippen LogP contribution in [0.4, 0.5) is 0 Å². The van der Waals surface area contributed by atoms with Crippen LogP contribution in [0.25, 0.3) is 17.3 Å². The van der Waals surface area contributed by atoms with Crippen LogP contribution >= 0.6 is 0 Å². The standard InChI is InChI=1S/C15H14N4O/c1-18-8-6-16-14(18)15-17-7-9-19(15)12-3-2-4-13-11(12)5-10-20-13/h2-4,6-9H,5,10H2,1H3. The smallest absolute Gasteiger partial charge is 0.181 e. The lowest BCUT2D eigenvalue weighted by Crippen LogP contribution is -2.03. The Hall–Kier alpha value is -2.56. The minimum Gasteiger partial charge on any atom is -0.493 e. The average molecular weight is 266 g/mol. The summed E-state index contributed by atoms with van der Waals surface area (Å²) in [4.78, 5) is 8.85. The fraction of sp³-hybridized carbons (Fsp3) is 0.200. The average Bonchev–Trinajstić information content (AvgIpc) is 3.17. The van der Waals surface area contributed by atoms with Crippen LogP contribution in [0.15, 0.2) is 43.0 Å². The Labute approximate surface area is 116 Å². The fourth-order valence-electron chi connectivity index (χ4n) is 2.67. The summed E-state index contributed by atoms with van der Waals surface area (Å²) in [7, 11) is 1.97. The van der Waals surface area contributed by atoms with Gasteiger partial charge in [-0.1, -0.05) is 6.07 Å². The first-order valence-corrected chi connectivity index (χ1v) is 6.61. The maximum atomic E-state index is 5.64. The number of hydrogen-bond acceptors (Lipinski definition) is 3. The molecule has 0 unspecified atom stereocenters. The number of nitrogens with zero attached hydrogens (tertiary/aromatic N) is 4. The molecule has 4 rings (SSSR count). The van der Waals surface area contributed by atoms with Gasteiger partial charge in [0.2, 0.25) is 0 Å².